The minimum absolute atomic E-state index is 0.120. The van der Waals surface area contributed by atoms with Crippen LogP contribution in [0.2, 0.25) is 0 Å². The summed E-state index contributed by atoms with van der Waals surface area (Å²) in [6.45, 7) is 8.10. The van der Waals surface area contributed by atoms with Gasteiger partial charge in [0.15, 0.2) is 5.78 Å². The molecule has 2 aromatic heterocycles. The van der Waals surface area contributed by atoms with E-state index in [0.29, 0.717) is 24.0 Å². The zero-order chi connectivity index (χ0) is 16.4. The number of pyridine rings is 2. The fourth-order valence-electron chi connectivity index (χ4n) is 2.96. The molecule has 6 heteroatoms. The van der Waals surface area contributed by atoms with Gasteiger partial charge >= 0.3 is 0 Å². The number of rotatable bonds is 4. The average Bonchev–Trinajstić information content (AvgIpc) is 2.62. The average molecular weight is 314 g/mol. The number of piperazine rings is 1. The van der Waals surface area contributed by atoms with Crippen molar-refractivity contribution in [2.45, 2.75) is 26.8 Å². The van der Waals surface area contributed by atoms with E-state index in [-0.39, 0.29) is 16.8 Å². The third-order valence-electron chi connectivity index (χ3n) is 4.31. The molecule has 1 N–H and O–H groups in total. The van der Waals surface area contributed by atoms with Crippen molar-refractivity contribution in [3.8, 4) is 0 Å². The van der Waals surface area contributed by atoms with Crippen LogP contribution in [-0.4, -0.2) is 41.5 Å². The third kappa shape index (κ3) is 2.86. The van der Waals surface area contributed by atoms with Gasteiger partial charge in [-0.2, -0.15) is 0 Å². The van der Waals surface area contributed by atoms with Gasteiger partial charge in [0.2, 0.25) is 5.43 Å². The molecule has 3 heterocycles. The molecule has 0 amide bonds. The van der Waals surface area contributed by atoms with E-state index in [9.17, 15) is 9.59 Å². The van der Waals surface area contributed by atoms with Crippen molar-refractivity contribution in [2.24, 2.45) is 0 Å². The molecule has 6 nitrogen and oxygen atoms in total. The zero-order valence-corrected chi connectivity index (χ0v) is 13.6. The number of Topliss-reactive ketones (excluding diaryl/α,β-unsaturated/α-hetero) is 1. The van der Waals surface area contributed by atoms with E-state index in [4.69, 9.17) is 4.98 Å². The second-order valence-corrected chi connectivity index (χ2v) is 5.71. The molecule has 0 unspecified atom stereocenters. The first-order valence-electron chi connectivity index (χ1n) is 8.18. The molecular weight excluding hydrogens is 292 g/mol. The Morgan fingerprint density at radius 1 is 1.26 bits per heavy atom. The second kappa shape index (κ2) is 6.50. The molecule has 2 aromatic rings. The molecule has 23 heavy (non-hydrogen) atoms. The summed E-state index contributed by atoms with van der Waals surface area (Å²) in [7, 11) is 0. The van der Waals surface area contributed by atoms with Gasteiger partial charge in [-0.05, 0) is 19.1 Å². The van der Waals surface area contributed by atoms with Crippen LogP contribution in [-0.2, 0) is 6.54 Å². The van der Waals surface area contributed by atoms with E-state index in [1.165, 1.54) is 0 Å². The molecule has 122 valence electrons. The highest BCUT2D eigenvalue weighted by molar-refractivity contribution is 5.98. The SMILES string of the molecule is CCC(=O)c1cn(CC)c2nc(N3CCNCC3)ccc2c1=O. The summed E-state index contributed by atoms with van der Waals surface area (Å²) in [6, 6.07) is 3.69. The molecule has 0 aliphatic carbocycles. The summed E-state index contributed by atoms with van der Waals surface area (Å²) < 4.78 is 1.89. The van der Waals surface area contributed by atoms with Crippen molar-refractivity contribution in [1.29, 1.82) is 0 Å². The van der Waals surface area contributed by atoms with Crippen LogP contribution in [0.4, 0.5) is 5.82 Å². The highest BCUT2D eigenvalue weighted by Crippen LogP contribution is 2.18. The van der Waals surface area contributed by atoms with Crippen molar-refractivity contribution in [3.63, 3.8) is 0 Å². The van der Waals surface area contributed by atoms with E-state index >= 15 is 0 Å². The van der Waals surface area contributed by atoms with Crippen LogP contribution >= 0.6 is 0 Å². The van der Waals surface area contributed by atoms with Crippen molar-refractivity contribution in [2.75, 3.05) is 31.1 Å². The summed E-state index contributed by atoms with van der Waals surface area (Å²) in [5.41, 5.74) is 0.704. The van der Waals surface area contributed by atoms with Crippen LogP contribution in [0.1, 0.15) is 30.6 Å². The molecule has 0 atom stereocenters. The summed E-state index contributed by atoms with van der Waals surface area (Å²) >= 11 is 0. The van der Waals surface area contributed by atoms with Gasteiger partial charge in [-0.25, -0.2) is 4.98 Å². The van der Waals surface area contributed by atoms with Gasteiger partial charge in [-0.1, -0.05) is 6.92 Å². The van der Waals surface area contributed by atoms with Gasteiger partial charge in [-0.15, -0.1) is 0 Å². The van der Waals surface area contributed by atoms with Gasteiger partial charge < -0.3 is 14.8 Å². The smallest absolute Gasteiger partial charge is 0.201 e. The maximum absolute atomic E-state index is 12.6. The Hall–Kier alpha value is -2.21. The molecule has 0 aromatic carbocycles. The van der Waals surface area contributed by atoms with Gasteiger partial charge in [0, 0.05) is 45.3 Å². The standard InChI is InChI=1S/C17H22N4O2/c1-3-14(22)13-11-20(4-2)17-12(16(13)23)5-6-15(19-17)21-9-7-18-8-10-21/h5-6,11,18H,3-4,7-10H2,1-2H3. The van der Waals surface area contributed by atoms with Crippen LogP contribution < -0.4 is 15.6 Å². The van der Waals surface area contributed by atoms with Crippen LogP contribution in [0.25, 0.3) is 11.0 Å². The number of hydrogen-bond acceptors (Lipinski definition) is 5. The first-order chi connectivity index (χ1) is 11.2. The monoisotopic (exact) mass is 314 g/mol. The van der Waals surface area contributed by atoms with Crippen LogP contribution in [0, 0.1) is 0 Å². The summed E-state index contributed by atoms with van der Waals surface area (Å²) in [5.74, 6) is 0.764. The van der Waals surface area contributed by atoms with E-state index in [1.54, 1.807) is 19.2 Å². The fraction of sp³-hybridized carbons (Fsp3) is 0.471. The Morgan fingerprint density at radius 2 is 2.00 bits per heavy atom. The van der Waals surface area contributed by atoms with Crippen molar-refractivity contribution >= 4 is 22.6 Å². The Morgan fingerprint density at radius 3 is 2.65 bits per heavy atom. The number of carbonyl (C=O) groups is 1. The molecule has 0 radical (unpaired) electrons. The number of fused-ring (bicyclic) bond motifs is 1. The molecule has 3 rings (SSSR count). The molecule has 1 saturated heterocycles. The highest BCUT2D eigenvalue weighted by atomic mass is 16.1. The molecule has 0 saturated carbocycles. The van der Waals surface area contributed by atoms with E-state index in [1.807, 2.05) is 17.6 Å². The number of anilines is 1. The topological polar surface area (TPSA) is 67.2 Å². The van der Waals surface area contributed by atoms with E-state index < -0.39 is 0 Å². The maximum Gasteiger partial charge on any atom is 0.201 e. The molecule has 0 bridgehead atoms. The summed E-state index contributed by atoms with van der Waals surface area (Å²) in [4.78, 5) is 31.5. The number of aromatic nitrogens is 2. The largest absolute Gasteiger partial charge is 0.354 e. The van der Waals surface area contributed by atoms with Gasteiger partial charge in [0.1, 0.15) is 11.5 Å². The predicted molar refractivity (Wildman–Crippen MR) is 91.4 cm³/mol. The van der Waals surface area contributed by atoms with Crippen LogP contribution in [0.5, 0.6) is 0 Å². The number of nitrogens with one attached hydrogen (secondary N) is 1. The first kappa shape index (κ1) is 15.7. The van der Waals surface area contributed by atoms with Gasteiger partial charge in [0.05, 0.1) is 10.9 Å². The lowest BCUT2D eigenvalue weighted by Crippen LogP contribution is -2.43. The lowest BCUT2D eigenvalue weighted by Gasteiger charge is -2.28. The minimum atomic E-state index is -0.212. The minimum Gasteiger partial charge on any atom is -0.354 e. The molecule has 0 spiro atoms. The first-order valence-corrected chi connectivity index (χ1v) is 8.18. The lowest BCUT2D eigenvalue weighted by molar-refractivity contribution is 0.0986. The summed E-state index contributed by atoms with van der Waals surface area (Å²) in [5, 5.41) is 3.84. The number of ketones is 1. The van der Waals surface area contributed by atoms with Crippen molar-refractivity contribution < 1.29 is 4.79 Å². The molecule has 1 aliphatic heterocycles. The molecule has 1 fully saturated rings. The molecular formula is C17H22N4O2. The predicted octanol–water partition coefficient (Wildman–Crippen LogP) is 1.42. The maximum atomic E-state index is 12.6. The summed E-state index contributed by atoms with van der Waals surface area (Å²) in [6.07, 6.45) is 1.99. The fourth-order valence-corrected chi connectivity index (χ4v) is 2.96. The Labute approximate surface area is 135 Å². The van der Waals surface area contributed by atoms with Crippen LogP contribution in [0.3, 0.4) is 0 Å². The highest BCUT2D eigenvalue weighted by Gasteiger charge is 2.17. The van der Waals surface area contributed by atoms with Gasteiger partial charge in [0.25, 0.3) is 0 Å². The van der Waals surface area contributed by atoms with E-state index in [2.05, 4.69) is 10.2 Å². The normalized spacial score (nSPS) is 15.1. The lowest BCUT2D eigenvalue weighted by atomic mass is 10.1. The number of nitrogens with zero attached hydrogens (tertiary/aromatic N) is 3. The van der Waals surface area contributed by atoms with Crippen molar-refractivity contribution in [3.05, 3.63) is 34.1 Å². The Balaban J connectivity index is 2.15. The second-order valence-electron chi connectivity index (χ2n) is 5.71. The quantitative estimate of drug-likeness (QED) is 0.865. The third-order valence-corrected chi connectivity index (χ3v) is 4.31. The Bertz CT molecular complexity index is 791. The van der Waals surface area contributed by atoms with E-state index in [0.717, 1.165) is 32.0 Å². The Kier molecular flexibility index (Phi) is 4.43. The van der Waals surface area contributed by atoms with Gasteiger partial charge in [-0.3, -0.25) is 9.59 Å². The number of aryl methyl sites for hydroxylation is 1. The van der Waals surface area contributed by atoms with Crippen LogP contribution in [0.15, 0.2) is 23.1 Å². The molecule has 1 aliphatic rings. The van der Waals surface area contributed by atoms with Crippen molar-refractivity contribution in [1.82, 2.24) is 14.9 Å². The number of carbonyl (C=O) groups excluding carboxylic acids is 1. The zero-order valence-electron chi connectivity index (χ0n) is 13.6. The number of hydrogen-bond donors (Lipinski definition) is 1.